The van der Waals surface area contributed by atoms with Gasteiger partial charge in [0.2, 0.25) is 5.91 Å². The number of carbonyl (C=O) groups excluding carboxylic acids is 1. The Morgan fingerprint density at radius 3 is 2.50 bits per heavy atom. The van der Waals surface area contributed by atoms with E-state index in [9.17, 15) is 4.79 Å². The van der Waals surface area contributed by atoms with E-state index >= 15 is 0 Å². The first kappa shape index (κ1) is 22.4. The van der Waals surface area contributed by atoms with Crippen molar-refractivity contribution in [1.82, 2.24) is 9.55 Å². The third kappa shape index (κ3) is 4.98. The molecule has 0 radical (unpaired) electrons. The molecule has 32 heavy (non-hydrogen) atoms. The van der Waals surface area contributed by atoms with Crippen LogP contribution in [0.5, 0.6) is 5.75 Å². The van der Waals surface area contributed by atoms with E-state index < -0.39 is 0 Å². The number of hydrogen-bond donors (Lipinski definition) is 0. The van der Waals surface area contributed by atoms with Gasteiger partial charge in [-0.05, 0) is 49.7 Å². The fourth-order valence-corrected chi connectivity index (χ4v) is 4.71. The second kappa shape index (κ2) is 10.7. The summed E-state index contributed by atoms with van der Waals surface area (Å²) in [6.45, 7) is 6.50. The van der Waals surface area contributed by atoms with Crippen molar-refractivity contribution in [2.45, 2.75) is 71.3 Å². The van der Waals surface area contributed by atoms with Gasteiger partial charge in [0.05, 0.1) is 17.6 Å². The molecule has 5 heteroatoms. The Hall–Kier alpha value is -2.82. The van der Waals surface area contributed by atoms with E-state index in [2.05, 4.69) is 29.7 Å². The molecular formula is C27H35N3O2. The first-order valence-electron chi connectivity index (χ1n) is 12.2. The summed E-state index contributed by atoms with van der Waals surface area (Å²) in [7, 11) is 0. The number of nitrogens with zero attached hydrogens (tertiary/aromatic N) is 3. The lowest BCUT2D eigenvalue weighted by atomic mass is 10.1. The number of ether oxygens (including phenoxy) is 1. The lowest BCUT2D eigenvalue weighted by molar-refractivity contribution is -0.117. The third-order valence-electron chi connectivity index (χ3n) is 6.37. The van der Waals surface area contributed by atoms with Crippen LogP contribution in [-0.4, -0.2) is 28.6 Å². The van der Waals surface area contributed by atoms with Gasteiger partial charge in [0, 0.05) is 31.1 Å². The topological polar surface area (TPSA) is 47.4 Å². The second-order valence-electron chi connectivity index (χ2n) is 8.71. The van der Waals surface area contributed by atoms with Gasteiger partial charge >= 0.3 is 0 Å². The van der Waals surface area contributed by atoms with Crippen LogP contribution in [0.15, 0.2) is 48.5 Å². The maximum atomic E-state index is 12.9. The standard InChI is InChI=1S/C27H35N3O2/c1-3-5-6-7-8-11-18-29-25-13-10-9-12-24(25)28-27(29)21-19-26(31)30(20-21)22-14-16-23(17-15-22)32-4-2/h9-10,12-17,21H,3-8,11,18-20H2,1-2H3/t21-/m0/s1. The summed E-state index contributed by atoms with van der Waals surface area (Å²) < 4.78 is 7.91. The number of carbonyl (C=O) groups is 1. The number of hydrogen-bond acceptors (Lipinski definition) is 3. The highest BCUT2D eigenvalue weighted by Gasteiger charge is 2.34. The highest BCUT2D eigenvalue weighted by atomic mass is 16.5. The Balaban J connectivity index is 1.50. The lowest BCUT2D eigenvalue weighted by Gasteiger charge is -2.18. The number of anilines is 1. The number of fused-ring (bicyclic) bond motifs is 1. The number of aryl methyl sites for hydroxylation is 1. The number of amides is 1. The molecule has 0 unspecified atom stereocenters. The van der Waals surface area contributed by atoms with Gasteiger partial charge in [0.25, 0.3) is 0 Å². The van der Waals surface area contributed by atoms with Crippen LogP contribution in [-0.2, 0) is 11.3 Å². The van der Waals surface area contributed by atoms with Crippen LogP contribution in [0.2, 0.25) is 0 Å². The molecule has 4 rings (SSSR count). The molecule has 1 saturated heterocycles. The van der Waals surface area contributed by atoms with E-state index in [1.807, 2.05) is 42.2 Å². The van der Waals surface area contributed by atoms with E-state index in [0.29, 0.717) is 19.6 Å². The first-order chi connectivity index (χ1) is 15.7. The maximum absolute atomic E-state index is 12.9. The van der Waals surface area contributed by atoms with E-state index in [1.54, 1.807) is 0 Å². The Labute approximate surface area is 191 Å². The smallest absolute Gasteiger partial charge is 0.227 e. The molecule has 1 aliphatic rings. The number of aromatic nitrogens is 2. The first-order valence-corrected chi connectivity index (χ1v) is 12.2. The van der Waals surface area contributed by atoms with Gasteiger partial charge in [0.15, 0.2) is 0 Å². The average molecular weight is 434 g/mol. The van der Waals surface area contributed by atoms with Crippen molar-refractivity contribution in [3.8, 4) is 5.75 Å². The molecule has 1 fully saturated rings. The van der Waals surface area contributed by atoms with Gasteiger partial charge in [-0.3, -0.25) is 4.79 Å². The summed E-state index contributed by atoms with van der Waals surface area (Å²) in [5, 5.41) is 0. The van der Waals surface area contributed by atoms with Gasteiger partial charge in [-0.2, -0.15) is 0 Å². The van der Waals surface area contributed by atoms with E-state index in [4.69, 9.17) is 9.72 Å². The van der Waals surface area contributed by atoms with Gasteiger partial charge < -0.3 is 14.2 Å². The quantitative estimate of drug-likeness (QED) is 0.333. The highest BCUT2D eigenvalue weighted by molar-refractivity contribution is 5.96. The Morgan fingerprint density at radius 2 is 1.72 bits per heavy atom. The van der Waals surface area contributed by atoms with E-state index in [0.717, 1.165) is 35.7 Å². The zero-order chi connectivity index (χ0) is 22.3. The third-order valence-corrected chi connectivity index (χ3v) is 6.37. The van der Waals surface area contributed by atoms with Crippen molar-refractivity contribution < 1.29 is 9.53 Å². The zero-order valence-corrected chi connectivity index (χ0v) is 19.4. The normalized spacial score (nSPS) is 16.2. The number of rotatable bonds is 11. The van der Waals surface area contributed by atoms with Gasteiger partial charge in [0.1, 0.15) is 11.6 Å². The number of imidazole rings is 1. The largest absolute Gasteiger partial charge is 0.494 e. The fourth-order valence-electron chi connectivity index (χ4n) is 4.71. The van der Waals surface area contributed by atoms with Crippen LogP contribution in [0.1, 0.15) is 70.5 Å². The highest BCUT2D eigenvalue weighted by Crippen LogP contribution is 2.34. The van der Waals surface area contributed by atoms with Crippen LogP contribution < -0.4 is 9.64 Å². The molecular weight excluding hydrogens is 398 g/mol. The predicted molar refractivity (Wildman–Crippen MR) is 130 cm³/mol. The predicted octanol–water partition coefficient (Wildman–Crippen LogP) is 6.32. The average Bonchev–Trinajstić information content (AvgIpc) is 3.37. The number of para-hydroxylation sites is 2. The number of benzene rings is 2. The Morgan fingerprint density at radius 1 is 0.969 bits per heavy atom. The van der Waals surface area contributed by atoms with Crippen molar-refractivity contribution in [2.24, 2.45) is 0 Å². The molecule has 0 saturated carbocycles. The van der Waals surface area contributed by atoms with E-state index in [-0.39, 0.29) is 11.8 Å². The van der Waals surface area contributed by atoms with Crippen molar-refractivity contribution >= 4 is 22.6 Å². The van der Waals surface area contributed by atoms with Crippen molar-refractivity contribution in [3.05, 3.63) is 54.4 Å². The lowest BCUT2D eigenvalue weighted by Crippen LogP contribution is -2.24. The summed E-state index contributed by atoms with van der Waals surface area (Å²) >= 11 is 0. The summed E-state index contributed by atoms with van der Waals surface area (Å²) in [5.41, 5.74) is 3.14. The van der Waals surface area contributed by atoms with Crippen molar-refractivity contribution in [2.75, 3.05) is 18.1 Å². The summed E-state index contributed by atoms with van der Waals surface area (Å²) in [6, 6.07) is 16.2. The number of unbranched alkanes of at least 4 members (excludes halogenated alkanes) is 5. The van der Waals surface area contributed by atoms with Crippen molar-refractivity contribution in [1.29, 1.82) is 0 Å². The molecule has 0 N–H and O–H groups in total. The van der Waals surface area contributed by atoms with Gasteiger partial charge in [-0.15, -0.1) is 0 Å². The molecule has 0 aliphatic carbocycles. The second-order valence-corrected chi connectivity index (χ2v) is 8.71. The molecule has 1 atom stereocenters. The van der Waals surface area contributed by atoms with Crippen molar-refractivity contribution in [3.63, 3.8) is 0 Å². The van der Waals surface area contributed by atoms with E-state index in [1.165, 1.54) is 37.6 Å². The van der Waals surface area contributed by atoms with Crippen LogP contribution in [0.3, 0.4) is 0 Å². The molecule has 5 nitrogen and oxygen atoms in total. The Bertz CT molecular complexity index is 1030. The fraction of sp³-hybridized carbons (Fsp3) is 0.481. The van der Waals surface area contributed by atoms with Crippen LogP contribution >= 0.6 is 0 Å². The molecule has 2 aromatic carbocycles. The molecule has 1 aromatic heterocycles. The minimum atomic E-state index is 0.113. The summed E-state index contributed by atoms with van der Waals surface area (Å²) in [6.07, 6.45) is 8.12. The minimum absolute atomic E-state index is 0.113. The molecule has 1 aliphatic heterocycles. The summed E-state index contributed by atoms with van der Waals surface area (Å²) in [4.78, 5) is 19.8. The van der Waals surface area contributed by atoms with Gasteiger partial charge in [-0.25, -0.2) is 4.98 Å². The molecule has 0 spiro atoms. The summed E-state index contributed by atoms with van der Waals surface area (Å²) in [5.74, 6) is 2.17. The Kier molecular flexibility index (Phi) is 7.46. The maximum Gasteiger partial charge on any atom is 0.227 e. The van der Waals surface area contributed by atoms with Crippen LogP contribution in [0.25, 0.3) is 11.0 Å². The molecule has 0 bridgehead atoms. The monoisotopic (exact) mass is 433 g/mol. The molecule has 1 amide bonds. The minimum Gasteiger partial charge on any atom is -0.494 e. The van der Waals surface area contributed by atoms with Gasteiger partial charge in [-0.1, -0.05) is 51.2 Å². The SMILES string of the molecule is CCCCCCCCn1c([C@H]2CC(=O)N(c3ccc(OCC)cc3)C2)nc2ccccc21. The zero-order valence-electron chi connectivity index (χ0n) is 19.4. The molecule has 3 aromatic rings. The van der Waals surface area contributed by atoms with Crippen LogP contribution in [0, 0.1) is 0 Å². The molecule has 170 valence electrons. The molecule has 2 heterocycles. The van der Waals surface area contributed by atoms with Crippen LogP contribution in [0.4, 0.5) is 5.69 Å².